The van der Waals surface area contributed by atoms with E-state index in [0.29, 0.717) is 5.75 Å². The molecule has 6 heteroatoms. The van der Waals surface area contributed by atoms with Crippen LogP contribution in [0.1, 0.15) is 0 Å². The summed E-state index contributed by atoms with van der Waals surface area (Å²) in [5.41, 5.74) is -0.971. The van der Waals surface area contributed by atoms with E-state index in [9.17, 15) is 14.9 Å². The lowest BCUT2D eigenvalue weighted by Crippen LogP contribution is -2.07. The van der Waals surface area contributed by atoms with E-state index >= 15 is 0 Å². The summed E-state index contributed by atoms with van der Waals surface area (Å²) in [5, 5.41) is 10.7. The van der Waals surface area contributed by atoms with Crippen LogP contribution in [0, 0.1) is 10.1 Å². The number of hydrogen-bond acceptors (Lipinski definition) is 5. The van der Waals surface area contributed by atoms with Gasteiger partial charge in [0.25, 0.3) is 5.43 Å². The summed E-state index contributed by atoms with van der Waals surface area (Å²) in [5.74, 6) is 0.518. The highest BCUT2D eigenvalue weighted by Gasteiger charge is 2.16. The van der Waals surface area contributed by atoms with Gasteiger partial charge in [0, 0.05) is 6.07 Å². The zero-order chi connectivity index (χ0) is 11.7. The third-order valence-electron chi connectivity index (χ3n) is 2.16. The first kappa shape index (κ1) is 10.2. The Labute approximate surface area is 89.2 Å². The first-order valence-corrected chi connectivity index (χ1v) is 4.37. The zero-order valence-electron chi connectivity index (χ0n) is 8.30. The third kappa shape index (κ3) is 1.50. The van der Waals surface area contributed by atoms with Crippen LogP contribution in [0.25, 0.3) is 11.0 Å². The largest absolute Gasteiger partial charge is 0.497 e. The summed E-state index contributed by atoms with van der Waals surface area (Å²) in [6, 6.07) is 4.48. The number of ether oxygens (including phenoxy) is 1. The van der Waals surface area contributed by atoms with Gasteiger partial charge in [-0.25, -0.2) is 0 Å². The molecule has 0 saturated carbocycles. The number of methoxy groups -OCH3 is 1. The van der Waals surface area contributed by atoms with Crippen LogP contribution in [-0.2, 0) is 0 Å². The average Bonchev–Trinajstić information content (AvgIpc) is 2.28. The molecule has 6 nitrogen and oxygen atoms in total. The Morgan fingerprint density at radius 3 is 2.81 bits per heavy atom. The van der Waals surface area contributed by atoms with Gasteiger partial charge in [0.2, 0.25) is 0 Å². The predicted octanol–water partition coefficient (Wildman–Crippen LogP) is 1.71. The molecule has 1 aromatic carbocycles. The number of nitro groups is 1. The van der Waals surface area contributed by atoms with E-state index < -0.39 is 16.0 Å². The standard InChI is InChI=1S/C10H7NO5/c1-15-6-2-3-7-9(4-6)16-5-8(10(7)12)11(13)14/h2-5H,1H3. The lowest BCUT2D eigenvalue weighted by atomic mass is 10.2. The highest BCUT2D eigenvalue weighted by Crippen LogP contribution is 2.20. The summed E-state index contributed by atoms with van der Waals surface area (Å²) < 4.78 is 9.95. The summed E-state index contributed by atoms with van der Waals surface area (Å²) in [4.78, 5) is 21.4. The molecule has 0 amide bonds. The van der Waals surface area contributed by atoms with Crippen molar-refractivity contribution in [2.24, 2.45) is 0 Å². The van der Waals surface area contributed by atoms with Crippen molar-refractivity contribution in [1.82, 2.24) is 0 Å². The predicted molar refractivity (Wildman–Crippen MR) is 55.7 cm³/mol. The molecule has 16 heavy (non-hydrogen) atoms. The molecule has 0 N–H and O–H groups in total. The van der Waals surface area contributed by atoms with Crippen molar-refractivity contribution < 1.29 is 14.1 Å². The second-order valence-corrected chi connectivity index (χ2v) is 3.07. The molecule has 0 bridgehead atoms. The highest BCUT2D eigenvalue weighted by atomic mass is 16.6. The van der Waals surface area contributed by atoms with Crippen LogP contribution in [0.3, 0.4) is 0 Å². The van der Waals surface area contributed by atoms with Crippen LogP contribution in [-0.4, -0.2) is 12.0 Å². The fraction of sp³-hybridized carbons (Fsp3) is 0.100. The molecule has 0 spiro atoms. The van der Waals surface area contributed by atoms with Crippen LogP contribution in [0.5, 0.6) is 5.75 Å². The SMILES string of the molecule is COc1ccc2c(=O)c([N+](=O)[O-])coc2c1. The van der Waals surface area contributed by atoms with Crippen molar-refractivity contribution in [1.29, 1.82) is 0 Å². The smallest absolute Gasteiger partial charge is 0.351 e. The molecule has 82 valence electrons. The Morgan fingerprint density at radius 1 is 1.44 bits per heavy atom. The van der Waals surface area contributed by atoms with Crippen molar-refractivity contribution in [2.75, 3.05) is 7.11 Å². The fourth-order valence-electron chi connectivity index (χ4n) is 1.35. The van der Waals surface area contributed by atoms with Gasteiger partial charge in [-0.1, -0.05) is 0 Å². The van der Waals surface area contributed by atoms with E-state index in [1.165, 1.54) is 19.2 Å². The van der Waals surface area contributed by atoms with Crippen LogP contribution in [0.15, 0.2) is 33.7 Å². The summed E-state index contributed by atoms with van der Waals surface area (Å²) in [6.45, 7) is 0. The lowest BCUT2D eigenvalue weighted by molar-refractivity contribution is -0.386. The van der Waals surface area contributed by atoms with Gasteiger partial charge < -0.3 is 9.15 Å². The van der Waals surface area contributed by atoms with Crippen molar-refractivity contribution in [3.63, 3.8) is 0 Å². The summed E-state index contributed by atoms with van der Waals surface area (Å²) in [6.07, 6.45) is 0.837. The van der Waals surface area contributed by atoms with Crippen LogP contribution in [0.4, 0.5) is 5.69 Å². The van der Waals surface area contributed by atoms with Gasteiger partial charge in [0.05, 0.1) is 17.4 Å². The molecule has 0 aliphatic rings. The number of hydrogen-bond donors (Lipinski definition) is 0. The Morgan fingerprint density at radius 2 is 2.19 bits per heavy atom. The van der Waals surface area contributed by atoms with E-state index in [0.717, 1.165) is 6.26 Å². The van der Waals surface area contributed by atoms with Crippen molar-refractivity contribution in [2.45, 2.75) is 0 Å². The monoisotopic (exact) mass is 221 g/mol. The van der Waals surface area contributed by atoms with Crippen molar-refractivity contribution in [3.05, 3.63) is 44.8 Å². The van der Waals surface area contributed by atoms with Crippen LogP contribution < -0.4 is 10.2 Å². The Hall–Kier alpha value is -2.37. The molecule has 2 rings (SSSR count). The van der Waals surface area contributed by atoms with Gasteiger partial charge >= 0.3 is 5.69 Å². The number of benzene rings is 1. The Kier molecular flexibility index (Phi) is 2.32. The third-order valence-corrected chi connectivity index (χ3v) is 2.16. The van der Waals surface area contributed by atoms with E-state index in [-0.39, 0.29) is 11.0 Å². The van der Waals surface area contributed by atoms with Gasteiger partial charge in [-0.3, -0.25) is 14.9 Å². The first-order chi connectivity index (χ1) is 7.63. The molecule has 1 heterocycles. The molecule has 0 unspecified atom stereocenters. The maximum Gasteiger partial charge on any atom is 0.351 e. The number of fused-ring (bicyclic) bond motifs is 1. The summed E-state index contributed by atoms with van der Waals surface area (Å²) in [7, 11) is 1.48. The molecular formula is C10H7NO5. The van der Waals surface area contributed by atoms with Gasteiger partial charge in [-0.05, 0) is 12.1 Å². The Balaban J connectivity index is 2.77. The molecule has 0 fully saturated rings. The maximum atomic E-state index is 11.6. The normalized spacial score (nSPS) is 10.3. The quantitative estimate of drug-likeness (QED) is 0.569. The molecule has 0 atom stereocenters. The minimum atomic E-state index is -0.768. The van der Waals surface area contributed by atoms with Crippen molar-refractivity contribution in [3.8, 4) is 5.75 Å². The van der Waals surface area contributed by atoms with Crippen molar-refractivity contribution >= 4 is 16.7 Å². The molecule has 0 saturated heterocycles. The minimum Gasteiger partial charge on any atom is -0.497 e. The highest BCUT2D eigenvalue weighted by molar-refractivity contribution is 5.79. The lowest BCUT2D eigenvalue weighted by Gasteiger charge is -2.00. The van der Waals surface area contributed by atoms with E-state index in [1.807, 2.05) is 0 Å². The van der Waals surface area contributed by atoms with Gasteiger partial charge in [-0.15, -0.1) is 0 Å². The fourth-order valence-corrected chi connectivity index (χ4v) is 1.35. The minimum absolute atomic E-state index is 0.162. The van der Waals surface area contributed by atoms with Crippen LogP contribution in [0.2, 0.25) is 0 Å². The van der Waals surface area contributed by atoms with Gasteiger partial charge in [0.15, 0.2) is 6.26 Å². The van der Waals surface area contributed by atoms with E-state index in [4.69, 9.17) is 9.15 Å². The van der Waals surface area contributed by atoms with E-state index in [1.54, 1.807) is 6.07 Å². The topological polar surface area (TPSA) is 82.6 Å². The second-order valence-electron chi connectivity index (χ2n) is 3.07. The molecule has 0 aliphatic carbocycles. The van der Waals surface area contributed by atoms with Gasteiger partial charge in [-0.2, -0.15) is 0 Å². The van der Waals surface area contributed by atoms with E-state index in [2.05, 4.69) is 0 Å². The van der Waals surface area contributed by atoms with Crippen LogP contribution >= 0.6 is 0 Å². The number of nitrogens with zero attached hydrogens (tertiary/aromatic N) is 1. The summed E-state index contributed by atoms with van der Waals surface area (Å²) >= 11 is 0. The maximum absolute atomic E-state index is 11.6. The zero-order valence-corrected chi connectivity index (χ0v) is 8.30. The molecular weight excluding hydrogens is 214 g/mol. The number of rotatable bonds is 2. The molecule has 0 aliphatic heterocycles. The Bertz CT molecular complexity index is 616. The average molecular weight is 221 g/mol. The van der Waals surface area contributed by atoms with Gasteiger partial charge in [0.1, 0.15) is 11.3 Å². The second kappa shape index (κ2) is 3.65. The first-order valence-electron chi connectivity index (χ1n) is 4.37. The molecule has 1 aromatic heterocycles. The molecule has 0 radical (unpaired) electrons. The molecule has 2 aromatic rings.